The maximum absolute atomic E-state index is 12.0. The zero-order valence-corrected chi connectivity index (χ0v) is 13.8. The summed E-state index contributed by atoms with van der Waals surface area (Å²) in [7, 11) is -1.98. The predicted molar refractivity (Wildman–Crippen MR) is 77.3 cm³/mol. The molecule has 0 saturated heterocycles. The first kappa shape index (κ1) is 16.6. The number of unbranched alkanes of at least 4 members (excludes halogenated alkanes) is 5. The summed E-state index contributed by atoms with van der Waals surface area (Å²) < 4.78 is 28.1. The molecule has 0 aliphatic rings. The Labute approximate surface area is 123 Å². The van der Waals surface area contributed by atoms with Gasteiger partial charge < -0.3 is 0 Å². The lowest BCUT2D eigenvalue weighted by molar-refractivity contribution is 0.551. The molecule has 0 aliphatic carbocycles. The van der Waals surface area contributed by atoms with Crippen molar-refractivity contribution in [3.63, 3.8) is 0 Å². The van der Waals surface area contributed by atoms with Crippen molar-refractivity contribution >= 4 is 26.0 Å². The van der Waals surface area contributed by atoms with Crippen LogP contribution in [0.1, 0.15) is 45.4 Å². The molecule has 1 aromatic heterocycles. The summed E-state index contributed by atoms with van der Waals surface area (Å²) in [5.41, 5.74) is 0. The topological polar surface area (TPSA) is 76.9 Å². The van der Waals surface area contributed by atoms with Crippen molar-refractivity contribution in [2.24, 2.45) is 7.05 Å². The van der Waals surface area contributed by atoms with Gasteiger partial charge in [-0.15, -0.1) is 5.10 Å². The van der Waals surface area contributed by atoms with Gasteiger partial charge in [0.25, 0.3) is 10.0 Å². The van der Waals surface area contributed by atoms with Crippen molar-refractivity contribution in [1.82, 2.24) is 19.7 Å². The molecule has 0 saturated carbocycles. The maximum Gasteiger partial charge on any atom is 0.260 e. The highest BCUT2D eigenvalue weighted by Gasteiger charge is 2.22. The number of aromatic nitrogens is 3. The van der Waals surface area contributed by atoms with Crippen LogP contribution in [0.25, 0.3) is 0 Å². The molecule has 1 rings (SSSR count). The third-order valence-corrected chi connectivity index (χ3v) is 5.16. The van der Waals surface area contributed by atoms with Gasteiger partial charge in [0.05, 0.1) is 0 Å². The van der Waals surface area contributed by atoms with Gasteiger partial charge in [0.2, 0.25) is 5.03 Å². The molecule has 19 heavy (non-hydrogen) atoms. The minimum Gasteiger partial charge on any atom is -0.235 e. The minimum atomic E-state index is -3.53. The molecule has 0 radical (unpaired) electrons. The molecule has 0 unspecified atom stereocenters. The Balaban J connectivity index is 2.36. The summed E-state index contributed by atoms with van der Waals surface area (Å²) in [6.45, 7) is 2.62. The van der Waals surface area contributed by atoms with Gasteiger partial charge in [0.15, 0.2) is 4.60 Å². The number of halogens is 1. The first-order valence-electron chi connectivity index (χ1n) is 6.54. The van der Waals surface area contributed by atoms with Crippen molar-refractivity contribution < 1.29 is 8.42 Å². The Morgan fingerprint density at radius 3 is 2.42 bits per heavy atom. The van der Waals surface area contributed by atoms with Crippen molar-refractivity contribution in [2.75, 3.05) is 6.54 Å². The van der Waals surface area contributed by atoms with Crippen LogP contribution in [0.15, 0.2) is 9.63 Å². The second kappa shape index (κ2) is 7.96. The van der Waals surface area contributed by atoms with Gasteiger partial charge in [0.1, 0.15) is 0 Å². The quantitative estimate of drug-likeness (QED) is 0.691. The normalized spacial score (nSPS) is 11.9. The summed E-state index contributed by atoms with van der Waals surface area (Å²) in [6.07, 6.45) is 6.75. The third kappa shape index (κ3) is 5.19. The van der Waals surface area contributed by atoms with Gasteiger partial charge in [0, 0.05) is 13.6 Å². The van der Waals surface area contributed by atoms with Crippen molar-refractivity contribution in [3.8, 4) is 0 Å². The number of hydrogen-bond donors (Lipinski definition) is 1. The van der Waals surface area contributed by atoms with E-state index in [4.69, 9.17) is 0 Å². The molecule has 110 valence electrons. The Morgan fingerprint density at radius 2 is 1.84 bits per heavy atom. The zero-order valence-electron chi connectivity index (χ0n) is 11.4. The van der Waals surface area contributed by atoms with Gasteiger partial charge >= 0.3 is 0 Å². The monoisotopic (exact) mass is 352 g/mol. The van der Waals surface area contributed by atoms with Crippen LogP contribution in [-0.4, -0.2) is 30.0 Å². The predicted octanol–water partition coefficient (Wildman–Crippen LogP) is 2.22. The van der Waals surface area contributed by atoms with Gasteiger partial charge in [-0.25, -0.2) is 17.8 Å². The molecule has 8 heteroatoms. The molecular formula is C11H21BrN4O2S. The van der Waals surface area contributed by atoms with E-state index in [9.17, 15) is 8.42 Å². The molecule has 0 aliphatic heterocycles. The van der Waals surface area contributed by atoms with E-state index in [1.165, 1.54) is 23.9 Å². The van der Waals surface area contributed by atoms with E-state index in [2.05, 4.69) is 37.9 Å². The highest BCUT2D eigenvalue weighted by atomic mass is 79.9. The van der Waals surface area contributed by atoms with E-state index in [1.807, 2.05) is 0 Å². The zero-order chi connectivity index (χ0) is 14.3. The van der Waals surface area contributed by atoms with E-state index in [0.29, 0.717) is 6.54 Å². The van der Waals surface area contributed by atoms with Crippen molar-refractivity contribution in [3.05, 3.63) is 4.60 Å². The summed E-state index contributed by atoms with van der Waals surface area (Å²) in [5, 5.41) is 7.40. The average Bonchev–Trinajstić information content (AvgIpc) is 2.68. The van der Waals surface area contributed by atoms with E-state index in [-0.39, 0.29) is 9.63 Å². The Morgan fingerprint density at radius 1 is 1.21 bits per heavy atom. The second-order valence-electron chi connectivity index (χ2n) is 4.47. The van der Waals surface area contributed by atoms with Crippen LogP contribution in [0, 0.1) is 0 Å². The lowest BCUT2D eigenvalue weighted by Crippen LogP contribution is -2.27. The van der Waals surface area contributed by atoms with Crippen LogP contribution in [-0.2, 0) is 17.1 Å². The summed E-state index contributed by atoms with van der Waals surface area (Å²) in [6, 6.07) is 0. The Bertz CT molecular complexity index is 467. The fourth-order valence-electron chi connectivity index (χ4n) is 1.79. The molecule has 0 aromatic carbocycles. The molecule has 1 aromatic rings. The lowest BCUT2D eigenvalue weighted by Gasteiger charge is -2.06. The summed E-state index contributed by atoms with van der Waals surface area (Å²) >= 11 is 3.09. The van der Waals surface area contributed by atoms with Gasteiger partial charge in [-0.2, -0.15) is 0 Å². The molecule has 0 bridgehead atoms. The highest BCUT2D eigenvalue weighted by Crippen LogP contribution is 2.17. The van der Waals surface area contributed by atoms with Crippen LogP contribution in [0.3, 0.4) is 0 Å². The van der Waals surface area contributed by atoms with Crippen LogP contribution in [0.5, 0.6) is 0 Å². The third-order valence-electron chi connectivity index (χ3n) is 2.81. The largest absolute Gasteiger partial charge is 0.260 e. The van der Waals surface area contributed by atoms with Gasteiger partial charge in [-0.05, 0) is 22.4 Å². The molecule has 1 heterocycles. The number of sulfonamides is 1. The maximum atomic E-state index is 12.0. The number of hydrogen-bond acceptors (Lipinski definition) is 4. The van der Waals surface area contributed by atoms with E-state index >= 15 is 0 Å². The molecule has 0 atom stereocenters. The fraction of sp³-hybridized carbons (Fsp3) is 0.818. The Hall–Kier alpha value is -0.470. The number of rotatable bonds is 9. The molecular weight excluding hydrogens is 332 g/mol. The average molecular weight is 353 g/mol. The summed E-state index contributed by atoms with van der Waals surface area (Å²) in [4.78, 5) is 0. The molecule has 0 fully saturated rings. The summed E-state index contributed by atoms with van der Waals surface area (Å²) in [5.74, 6) is 0. The van der Waals surface area contributed by atoms with E-state index in [0.717, 1.165) is 19.3 Å². The van der Waals surface area contributed by atoms with Crippen LogP contribution < -0.4 is 4.72 Å². The molecule has 6 nitrogen and oxygen atoms in total. The Kier molecular flexibility index (Phi) is 6.95. The van der Waals surface area contributed by atoms with Gasteiger partial charge in [-0.3, -0.25) is 0 Å². The van der Waals surface area contributed by atoms with Crippen molar-refractivity contribution in [2.45, 2.75) is 50.5 Å². The first-order valence-corrected chi connectivity index (χ1v) is 8.81. The smallest absolute Gasteiger partial charge is 0.235 e. The standard InChI is InChI=1S/C11H21BrN4O2S/c1-3-4-5-6-7-8-9-13-19(17,18)11-10(12)14-15-16(11)2/h13H,3-9H2,1-2H3. The van der Waals surface area contributed by atoms with Crippen LogP contribution in [0.2, 0.25) is 0 Å². The molecule has 1 N–H and O–H groups in total. The van der Waals surface area contributed by atoms with Crippen molar-refractivity contribution in [1.29, 1.82) is 0 Å². The van der Waals surface area contributed by atoms with E-state index < -0.39 is 10.0 Å². The molecule has 0 amide bonds. The first-order chi connectivity index (χ1) is 8.99. The minimum absolute atomic E-state index is 0.0680. The SMILES string of the molecule is CCCCCCCCNS(=O)(=O)c1c(Br)nnn1C. The molecule has 0 spiro atoms. The highest BCUT2D eigenvalue weighted by molar-refractivity contribution is 9.10. The second-order valence-corrected chi connectivity index (χ2v) is 6.91. The van der Waals surface area contributed by atoms with Crippen LogP contribution in [0.4, 0.5) is 0 Å². The van der Waals surface area contributed by atoms with E-state index in [1.54, 1.807) is 7.05 Å². The lowest BCUT2D eigenvalue weighted by atomic mass is 10.1. The number of aryl methyl sites for hydroxylation is 1. The number of nitrogens with one attached hydrogen (secondary N) is 1. The fourth-order valence-corrected chi connectivity index (χ4v) is 3.95. The van der Waals surface area contributed by atoms with Crippen LogP contribution >= 0.6 is 15.9 Å². The van der Waals surface area contributed by atoms with Gasteiger partial charge in [-0.1, -0.05) is 44.2 Å². The number of nitrogens with zero attached hydrogens (tertiary/aromatic N) is 3.